The summed E-state index contributed by atoms with van der Waals surface area (Å²) in [5.74, 6) is -0.590. The predicted octanol–water partition coefficient (Wildman–Crippen LogP) is 6.52. The molecule has 0 aromatic heterocycles. The molecule has 0 fully saturated rings. The second-order valence-corrected chi connectivity index (χ2v) is 7.54. The summed E-state index contributed by atoms with van der Waals surface area (Å²) in [7, 11) is 0. The summed E-state index contributed by atoms with van der Waals surface area (Å²) in [4.78, 5) is 13.9. The highest BCUT2D eigenvalue weighted by atomic mass is 19.1. The van der Waals surface area contributed by atoms with E-state index >= 15 is 0 Å². The van der Waals surface area contributed by atoms with Crippen LogP contribution in [0.4, 0.5) is 10.1 Å². The zero-order chi connectivity index (χ0) is 21.2. The number of hydrogen-bond acceptors (Lipinski definition) is 2. The minimum atomic E-state index is -0.346. The third-order valence-electron chi connectivity index (χ3n) is 5.61. The molecule has 31 heavy (non-hydrogen) atoms. The largest absolute Gasteiger partial charge is 0.354 e. The maximum absolute atomic E-state index is 13.9. The van der Waals surface area contributed by atoms with E-state index in [4.69, 9.17) is 0 Å². The lowest BCUT2D eigenvalue weighted by molar-refractivity contribution is -0.113. The number of anilines is 1. The maximum Gasteiger partial charge on any atom is 0.177 e. The first-order chi connectivity index (χ1) is 15.2. The van der Waals surface area contributed by atoms with Gasteiger partial charge in [-0.2, -0.15) is 0 Å². The average molecular weight is 405 g/mol. The summed E-state index contributed by atoms with van der Waals surface area (Å²) >= 11 is 0. The molecule has 0 aliphatic heterocycles. The molecule has 1 unspecified atom stereocenters. The number of fused-ring (bicyclic) bond motifs is 1. The first kappa shape index (κ1) is 19.0. The second-order valence-electron chi connectivity index (χ2n) is 7.54. The highest BCUT2D eigenvalue weighted by molar-refractivity contribution is 6.35. The second kappa shape index (κ2) is 8.04. The van der Waals surface area contributed by atoms with E-state index in [9.17, 15) is 9.18 Å². The van der Waals surface area contributed by atoms with Crippen molar-refractivity contribution in [1.29, 1.82) is 0 Å². The van der Waals surface area contributed by atoms with E-state index in [-0.39, 0.29) is 17.5 Å². The molecule has 0 heterocycles. The number of allylic oxidation sites excluding steroid dienone is 1. The van der Waals surface area contributed by atoms with Crippen LogP contribution in [0.15, 0.2) is 109 Å². The smallest absolute Gasteiger partial charge is 0.177 e. The van der Waals surface area contributed by atoms with Crippen molar-refractivity contribution in [3.05, 3.63) is 137 Å². The van der Waals surface area contributed by atoms with Crippen LogP contribution >= 0.6 is 0 Å². The standard InChI is InChI=1S/C28H20FNO/c29-21-15-17-22(18-16-21)30-27(20-11-5-2-6-12-20)26-24-14-8-7-13-23(24)25(28(26)31)19-9-3-1-4-10-19/h1-18,25,30H/b27-26-. The van der Waals surface area contributed by atoms with Crippen molar-refractivity contribution >= 4 is 22.7 Å². The number of ketones is 1. The summed E-state index contributed by atoms with van der Waals surface area (Å²) in [5, 5.41) is 3.40. The molecule has 2 nitrogen and oxygen atoms in total. The topological polar surface area (TPSA) is 29.1 Å². The predicted molar refractivity (Wildman–Crippen MR) is 123 cm³/mol. The molecule has 0 amide bonds. The van der Waals surface area contributed by atoms with Gasteiger partial charge in [0.2, 0.25) is 0 Å². The van der Waals surface area contributed by atoms with E-state index in [1.165, 1.54) is 12.1 Å². The van der Waals surface area contributed by atoms with Crippen molar-refractivity contribution in [2.45, 2.75) is 5.92 Å². The van der Waals surface area contributed by atoms with Crippen LogP contribution in [0.5, 0.6) is 0 Å². The van der Waals surface area contributed by atoms with Gasteiger partial charge in [-0.05, 0) is 46.5 Å². The molecule has 3 heteroatoms. The third-order valence-corrected chi connectivity index (χ3v) is 5.61. The lowest BCUT2D eigenvalue weighted by atomic mass is 9.92. The van der Waals surface area contributed by atoms with Gasteiger partial charge in [0.1, 0.15) is 5.82 Å². The molecule has 0 spiro atoms. The number of halogens is 1. The Morgan fingerprint density at radius 3 is 2.03 bits per heavy atom. The maximum atomic E-state index is 13.9. The Labute approximate surface area is 180 Å². The van der Waals surface area contributed by atoms with Crippen LogP contribution in [-0.4, -0.2) is 5.78 Å². The van der Waals surface area contributed by atoms with E-state index in [0.29, 0.717) is 5.57 Å². The Morgan fingerprint density at radius 2 is 1.32 bits per heavy atom. The molecule has 0 saturated carbocycles. The monoisotopic (exact) mass is 405 g/mol. The molecule has 0 radical (unpaired) electrons. The van der Waals surface area contributed by atoms with Gasteiger partial charge in [0.25, 0.3) is 0 Å². The van der Waals surface area contributed by atoms with Crippen LogP contribution in [0.2, 0.25) is 0 Å². The molecule has 1 aliphatic rings. The SMILES string of the molecule is O=C1/C(=C(\Nc2ccc(F)cc2)c2ccccc2)c2ccccc2C1c1ccccc1. The molecule has 150 valence electrons. The van der Waals surface area contributed by atoms with E-state index in [2.05, 4.69) is 5.32 Å². The highest BCUT2D eigenvalue weighted by Crippen LogP contribution is 2.45. The normalized spacial score (nSPS) is 16.7. The highest BCUT2D eigenvalue weighted by Gasteiger charge is 2.38. The van der Waals surface area contributed by atoms with Crippen LogP contribution in [0, 0.1) is 5.82 Å². The molecule has 0 saturated heterocycles. The summed E-state index contributed by atoms with van der Waals surface area (Å²) in [6.07, 6.45) is 0. The van der Waals surface area contributed by atoms with Gasteiger partial charge >= 0.3 is 0 Å². The van der Waals surface area contributed by atoms with Gasteiger partial charge in [-0.15, -0.1) is 0 Å². The molecular formula is C28H20FNO. The fraction of sp³-hybridized carbons (Fsp3) is 0.0357. The summed E-state index contributed by atoms with van der Waals surface area (Å²) in [6, 6.07) is 33.8. The molecule has 1 aliphatic carbocycles. The first-order valence-electron chi connectivity index (χ1n) is 10.2. The number of carbonyl (C=O) groups is 1. The Bertz CT molecular complexity index is 1260. The van der Waals surface area contributed by atoms with Crippen LogP contribution in [0.1, 0.15) is 28.2 Å². The van der Waals surface area contributed by atoms with E-state index in [1.54, 1.807) is 12.1 Å². The number of benzene rings is 4. The minimum absolute atomic E-state index is 0.0564. The quantitative estimate of drug-likeness (QED) is 0.392. The average Bonchev–Trinajstić information content (AvgIpc) is 3.11. The Morgan fingerprint density at radius 1 is 0.710 bits per heavy atom. The van der Waals surface area contributed by atoms with Gasteiger partial charge < -0.3 is 5.32 Å². The van der Waals surface area contributed by atoms with Crippen molar-refractivity contribution in [3.8, 4) is 0 Å². The molecular weight excluding hydrogens is 385 g/mol. The Kier molecular flexibility index (Phi) is 4.93. The van der Waals surface area contributed by atoms with E-state index in [1.807, 2.05) is 84.9 Å². The Balaban J connectivity index is 1.73. The van der Waals surface area contributed by atoms with Crippen LogP contribution in [-0.2, 0) is 4.79 Å². The van der Waals surface area contributed by atoms with Crippen molar-refractivity contribution in [2.75, 3.05) is 5.32 Å². The molecule has 4 aromatic rings. The third kappa shape index (κ3) is 3.55. The number of Topliss-reactive ketones (excluding diaryl/α,β-unsaturated/α-hetero) is 1. The molecule has 4 aromatic carbocycles. The van der Waals surface area contributed by atoms with Crippen molar-refractivity contribution in [3.63, 3.8) is 0 Å². The van der Waals surface area contributed by atoms with E-state index in [0.717, 1.165) is 33.6 Å². The number of hydrogen-bond donors (Lipinski definition) is 1. The Hall–Kier alpha value is -3.98. The summed E-state index contributed by atoms with van der Waals surface area (Å²) < 4.78 is 13.5. The summed E-state index contributed by atoms with van der Waals surface area (Å²) in [5.41, 5.74) is 5.91. The lowest BCUT2D eigenvalue weighted by Gasteiger charge is -2.16. The van der Waals surface area contributed by atoms with Crippen LogP contribution < -0.4 is 5.32 Å². The zero-order valence-electron chi connectivity index (χ0n) is 16.8. The lowest BCUT2D eigenvalue weighted by Crippen LogP contribution is -2.11. The fourth-order valence-corrected chi connectivity index (χ4v) is 4.19. The zero-order valence-corrected chi connectivity index (χ0v) is 16.8. The van der Waals surface area contributed by atoms with Gasteiger partial charge in [-0.1, -0.05) is 84.9 Å². The molecule has 1 atom stereocenters. The van der Waals surface area contributed by atoms with Gasteiger partial charge in [0, 0.05) is 5.69 Å². The first-order valence-corrected chi connectivity index (χ1v) is 10.2. The number of nitrogens with one attached hydrogen (secondary N) is 1. The van der Waals surface area contributed by atoms with Crippen molar-refractivity contribution in [1.82, 2.24) is 0 Å². The number of rotatable bonds is 4. The van der Waals surface area contributed by atoms with Crippen LogP contribution in [0.3, 0.4) is 0 Å². The molecule has 0 bridgehead atoms. The fourth-order valence-electron chi connectivity index (χ4n) is 4.19. The van der Waals surface area contributed by atoms with Gasteiger partial charge in [0.05, 0.1) is 17.2 Å². The minimum Gasteiger partial charge on any atom is -0.354 e. The van der Waals surface area contributed by atoms with Gasteiger partial charge in [-0.3, -0.25) is 4.79 Å². The van der Waals surface area contributed by atoms with Crippen molar-refractivity contribution < 1.29 is 9.18 Å². The summed E-state index contributed by atoms with van der Waals surface area (Å²) in [6.45, 7) is 0. The molecule has 5 rings (SSSR count). The van der Waals surface area contributed by atoms with Crippen molar-refractivity contribution in [2.24, 2.45) is 0 Å². The van der Waals surface area contributed by atoms with Gasteiger partial charge in [0.15, 0.2) is 5.78 Å². The molecule has 1 N–H and O–H groups in total. The number of carbonyl (C=O) groups excluding carboxylic acids is 1. The van der Waals surface area contributed by atoms with Crippen LogP contribution in [0.25, 0.3) is 11.3 Å². The van der Waals surface area contributed by atoms with E-state index < -0.39 is 0 Å². The van der Waals surface area contributed by atoms with Gasteiger partial charge in [-0.25, -0.2) is 4.39 Å².